The van der Waals surface area contributed by atoms with Crippen molar-refractivity contribution < 1.29 is 18.8 Å². The zero-order chi connectivity index (χ0) is 20.4. The van der Waals surface area contributed by atoms with Crippen LogP contribution < -0.4 is 14.4 Å². The molecule has 0 spiro atoms. The average molecular weight is 393 g/mol. The molecule has 0 aliphatic carbocycles. The molecule has 1 atom stereocenters. The van der Waals surface area contributed by atoms with Crippen molar-refractivity contribution in [1.29, 1.82) is 0 Å². The van der Waals surface area contributed by atoms with E-state index in [2.05, 4.69) is 24.0 Å². The highest BCUT2D eigenvalue weighted by Crippen LogP contribution is 2.34. The van der Waals surface area contributed by atoms with E-state index < -0.39 is 6.10 Å². The van der Waals surface area contributed by atoms with E-state index in [1.807, 2.05) is 48.5 Å². The van der Waals surface area contributed by atoms with Crippen molar-refractivity contribution in [3.8, 4) is 22.9 Å². The van der Waals surface area contributed by atoms with Crippen molar-refractivity contribution in [2.24, 2.45) is 5.92 Å². The van der Waals surface area contributed by atoms with Crippen molar-refractivity contribution in [2.45, 2.75) is 33.4 Å². The normalized spacial score (nSPS) is 15.9. The highest BCUT2D eigenvalue weighted by atomic mass is 16.5. The number of rotatable bonds is 6. The Balaban J connectivity index is 1.50. The van der Waals surface area contributed by atoms with E-state index in [4.69, 9.17) is 14.0 Å². The second-order valence-electron chi connectivity index (χ2n) is 7.39. The lowest BCUT2D eigenvalue weighted by molar-refractivity contribution is -0.125. The summed E-state index contributed by atoms with van der Waals surface area (Å²) in [6.45, 7) is 6.79. The van der Waals surface area contributed by atoms with Gasteiger partial charge in [-0.25, -0.2) is 0 Å². The van der Waals surface area contributed by atoms with Crippen LogP contribution in [-0.4, -0.2) is 28.8 Å². The van der Waals surface area contributed by atoms with Crippen LogP contribution in [0, 0.1) is 5.92 Å². The van der Waals surface area contributed by atoms with Gasteiger partial charge in [-0.1, -0.05) is 31.1 Å². The quantitative estimate of drug-likeness (QED) is 0.628. The smallest absolute Gasteiger partial charge is 0.268 e. The molecule has 1 amide bonds. The molecule has 0 radical (unpaired) electrons. The number of aromatic nitrogens is 2. The first-order chi connectivity index (χ1) is 14.0. The summed E-state index contributed by atoms with van der Waals surface area (Å²) >= 11 is 0. The lowest BCUT2D eigenvalue weighted by atomic mass is 10.2. The molecule has 2 heterocycles. The van der Waals surface area contributed by atoms with E-state index >= 15 is 0 Å². The fourth-order valence-electron chi connectivity index (χ4n) is 3.06. The van der Waals surface area contributed by atoms with Crippen LogP contribution in [0.4, 0.5) is 5.69 Å². The van der Waals surface area contributed by atoms with Gasteiger partial charge < -0.3 is 14.0 Å². The van der Waals surface area contributed by atoms with Crippen molar-refractivity contribution in [2.75, 3.05) is 11.5 Å². The molecular weight excluding hydrogens is 370 g/mol. The van der Waals surface area contributed by atoms with Gasteiger partial charge in [0, 0.05) is 5.56 Å². The summed E-state index contributed by atoms with van der Waals surface area (Å²) in [5.41, 5.74) is 1.51. The average Bonchev–Trinajstić information content (AvgIpc) is 3.19. The number of nitrogens with zero attached hydrogens (tertiary/aromatic N) is 3. The van der Waals surface area contributed by atoms with Crippen molar-refractivity contribution in [3.05, 3.63) is 54.4 Å². The summed E-state index contributed by atoms with van der Waals surface area (Å²) in [5.74, 6) is 2.61. The number of amides is 1. The van der Waals surface area contributed by atoms with E-state index in [1.165, 1.54) is 0 Å². The summed E-state index contributed by atoms with van der Waals surface area (Å²) in [4.78, 5) is 18.7. The molecule has 0 saturated carbocycles. The van der Waals surface area contributed by atoms with Gasteiger partial charge >= 0.3 is 0 Å². The number of hydrogen-bond acceptors (Lipinski definition) is 6. The van der Waals surface area contributed by atoms with Crippen LogP contribution in [-0.2, 0) is 11.3 Å². The minimum absolute atomic E-state index is 0.143. The van der Waals surface area contributed by atoms with Crippen LogP contribution in [0.25, 0.3) is 11.4 Å². The molecule has 1 aliphatic heterocycles. The molecule has 7 nitrogen and oxygen atoms in total. The number of fused-ring (bicyclic) bond motifs is 1. The first-order valence-corrected chi connectivity index (χ1v) is 9.64. The maximum Gasteiger partial charge on any atom is 0.268 e. The van der Waals surface area contributed by atoms with Gasteiger partial charge in [0.2, 0.25) is 11.7 Å². The van der Waals surface area contributed by atoms with E-state index in [9.17, 15) is 4.79 Å². The third kappa shape index (κ3) is 4.08. The molecular formula is C22H23N3O4. The summed E-state index contributed by atoms with van der Waals surface area (Å²) in [6.07, 6.45) is -0.564. The maximum atomic E-state index is 12.6. The second kappa shape index (κ2) is 7.95. The zero-order valence-electron chi connectivity index (χ0n) is 16.7. The number of ether oxygens (including phenoxy) is 2. The number of benzene rings is 2. The molecule has 1 aliphatic rings. The van der Waals surface area contributed by atoms with Crippen molar-refractivity contribution in [3.63, 3.8) is 0 Å². The standard InChI is InChI=1S/C22H23N3O4/c1-14(2)13-27-17-10-8-16(9-11-17)21-23-20(29-24-21)12-25-18-6-4-5-7-19(18)28-15(3)22(25)26/h4-11,14-15H,12-13H2,1-3H3. The molecule has 0 fully saturated rings. The maximum absolute atomic E-state index is 12.6. The van der Waals surface area contributed by atoms with Gasteiger partial charge in [-0.2, -0.15) is 4.98 Å². The Bertz CT molecular complexity index is 997. The predicted molar refractivity (Wildman–Crippen MR) is 108 cm³/mol. The number of para-hydroxylation sites is 2. The Hall–Kier alpha value is -3.35. The first kappa shape index (κ1) is 19.0. The Morgan fingerprint density at radius 1 is 1.14 bits per heavy atom. The molecule has 0 N–H and O–H groups in total. The van der Waals surface area contributed by atoms with Gasteiger partial charge in [-0.3, -0.25) is 9.69 Å². The molecule has 1 aromatic heterocycles. The van der Waals surface area contributed by atoms with E-state index in [0.29, 0.717) is 35.7 Å². The molecule has 0 bridgehead atoms. The summed E-state index contributed by atoms with van der Waals surface area (Å²) in [6, 6.07) is 15.0. The minimum atomic E-state index is -0.564. The van der Waals surface area contributed by atoms with Crippen molar-refractivity contribution in [1.82, 2.24) is 10.1 Å². The Morgan fingerprint density at radius 3 is 2.66 bits per heavy atom. The number of anilines is 1. The van der Waals surface area contributed by atoms with E-state index in [1.54, 1.807) is 11.8 Å². The van der Waals surface area contributed by atoms with Gasteiger partial charge in [-0.15, -0.1) is 0 Å². The summed E-state index contributed by atoms with van der Waals surface area (Å²) in [7, 11) is 0. The fourth-order valence-corrected chi connectivity index (χ4v) is 3.06. The topological polar surface area (TPSA) is 77.7 Å². The highest BCUT2D eigenvalue weighted by Gasteiger charge is 2.32. The summed E-state index contributed by atoms with van der Waals surface area (Å²) < 4.78 is 16.8. The first-order valence-electron chi connectivity index (χ1n) is 9.64. The van der Waals surface area contributed by atoms with Gasteiger partial charge in [0.25, 0.3) is 5.91 Å². The summed E-state index contributed by atoms with van der Waals surface area (Å²) in [5, 5.41) is 4.06. The Kier molecular flexibility index (Phi) is 5.20. The molecule has 150 valence electrons. The van der Waals surface area contributed by atoms with Crippen LogP contribution in [0.1, 0.15) is 26.7 Å². The highest BCUT2D eigenvalue weighted by molar-refractivity contribution is 5.99. The van der Waals surface area contributed by atoms with Gasteiger partial charge in [0.05, 0.1) is 12.3 Å². The number of hydrogen-bond donors (Lipinski definition) is 0. The SMILES string of the molecule is CC(C)COc1ccc(-c2noc(CN3C(=O)C(C)Oc4ccccc43)n2)cc1. The molecule has 0 saturated heterocycles. The van der Waals surface area contributed by atoms with Gasteiger partial charge in [0.15, 0.2) is 6.10 Å². The second-order valence-corrected chi connectivity index (χ2v) is 7.39. The van der Waals surface area contributed by atoms with E-state index in [0.717, 1.165) is 11.3 Å². The van der Waals surface area contributed by atoms with Crippen LogP contribution in [0.5, 0.6) is 11.5 Å². The number of carbonyl (C=O) groups excluding carboxylic acids is 1. The zero-order valence-corrected chi connectivity index (χ0v) is 16.7. The lowest BCUT2D eigenvalue weighted by Crippen LogP contribution is -2.44. The minimum Gasteiger partial charge on any atom is -0.493 e. The van der Waals surface area contributed by atoms with Crippen LogP contribution in [0.2, 0.25) is 0 Å². The number of carbonyl (C=O) groups is 1. The Labute approximate surface area is 169 Å². The monoisotopic (exact) mass is 393 g/mol. The van der Waals surface area contributed by atoms with Crippen LogP contribution >= 0.6 is 0 Å². The van der Waals surface area contributed by atoms with E-state index in [-0.39, 0.29) is 12.5 Å². The third-order valence-electron chi connectivity index (χ3n) is 4.53. The molecule has 1 unspecified atom stereocenters. The van der Waals surface area contributed by atoms with Crippen molar-refractivity contribution >= 4 is 11.6 Å². The lowest BCUT2D eigenvalue weighted by Gasteiger charge is -2.31. The van der Waals surface area contributed by atoms with Crippen LogP contribution in [0.3, 0.4) is 0 Å². The van der Waals surface area contributed by atoms with Gasteiger partial charge in [-0.05, 0) is 49.2 Å². The largest absolute Gasteiger partial charge is 0.493 e. The molecule has 29 heavy (non-hydrogen) atoms. The fraction of sp³-hybridized carbons (Fsp3) is 0.318. The van der Waals surface area contributed by atoms with Crippen LogP contribution in [0.15, 0.2) is 53.1 Å². The molecule has 2 aromatic carbocycles. The molecule has 7 heteroatoms. The molecule has 3 aromatic rings. The molecule has 4 rings (SSSR count). The predicted octanol–water partition coefficient (Wildman–Crippen LogP) is 4.09. The Morgan fingerprint density at radius 2 is 1.90 bits per heavy atom. The van der Waals surface area contributed by atoms with Gasteiger partial charge in [0.1, 0.15) is 18.0 Å². The third-order valence-corrected chi connectivity index (χ3v) is 4.53.